The molecule has 0 radical (unpaired) electrons. The Balaban J connectivity index is 2.69. The molecule has 3 rings (SSSR count). The summed E-state index contributed by atoms with van der Waals surface area (Å²) < 4.78 is 1.79. The van der Waals surface area contributed by atoms with E-state index in [1.807, 2.05) is 24.3 Å². The molecular formula is C13H10N2OS. The topological polar surface area (TPSA) is 69.1 Å². The molecule has 3 aromatic rings. The molecule has 84 valence electrons. The standard InChI is InChI=1S/C13H10N2OS/c14-7-3-1-5-9-11(7)13(16)12-8(15)4-2-6-10(12)17-9/h1-6H,14-15H2. The van der Waals surface area contributed by atoms with Crippen LogP contribution < -0.4 is 16.9 Å². The maximum absolute atomic E-state index is 12.4. The SMILES string of the molecule is Nc1cccc2sc3cccc(N)c3c(=O)c12. The largest absolute Gasteiger partial charge is 0.398 e. The van der Waals surface area contributed by atoms with Crippen molar-refractivity contribution in [1.82, 2.24) is 0 Å². The molecule has 0 bridgehead atoms. The molecule has 0 saturated heterocycles. The van der Waals surface area contributed by atoms with Gasteiger partial charge in [-0.1, -0.05) is 12.1 Å². The van der Waals surface area contributed by atoms with Crippen molar-refractivity contribution in [2.75, 3.05) is 11.5 Å². The van der Waals surface area contributed by atoms with Crippen LogP contribution in [0.2, 0.25) is 0 Å². The van der Waals surface area contributed by atoms with E-state index in [0.717, 1.165) is 9.40 Å². The molecule has 1 heterocycles. The maximum atomic E-state index is 12.4. The number of rotatable bonds is 0. The molecule has 0 amide bonds. The fourth-order valence-electron chi connectivity index (χ4n) is 2.00. The monoisotopic (exact) mass is 242 g/mol. The van der Waals surface area contributed by atoms with Gasteiger partial charge >= 0.3 is 0 Å². The first-order valence-corrected chi connectivity index (χ1v) is 5.99. The second-order valence-corrected chi connectivity index (χ2v) is 4.96. The molecule has 0 spiro atoms. The number of fused-ring (bicyclic) bond motifs is 2. The van der Waals surface area contributed by atoms with Crippen LogP contribution >= 0.6 is 11.3 Å². The van der Waals surface area contributed by atoms with Gasteiger partial charge in [0.1, 0.15) is 0 Å². The highest BCUT2D eigenvalue weighted by Gasteiger charge is 2.09. The highest BCUT2D eigenvalue weighted by molar-refractivity contribution is 7.24. The average molecular weight is 242 g/mol. The van der Waals surface area contributed by atoms with Gasteiger partial charge in [0.25, 0.3) is 0 Å². The van der Waals surface area contributed by atoms with Gasteiger partial charge in [-0.25, -0.2) is 0 Å². The Hall–Kier alpha value is -2.07. The van der Waals surface area contributed by atoms with Crippen molar-refractivity contribution in [3.05, 3.63) is 46.6 Å². The zero-order valence-corrected chi connectivity index (χ0v) is 9.75. The molecule has 0 fully saturated rings. The van der Waals surface area contributed by atoms with Crippen molar-refractivity contribution in [3.63, 3.8) is 0 Å². The molecule has 0 atom stereocenters. The fourth-order valence-corrected chi connectivity index (χ4v) is 3.15. The third kappa shape index (κ3) is 1.38. The summed E-state index contributed by atoms with van der Waals surface area (Å²) in [5.74, 6) is 0. The molecule has 4 N–H and O–H groups in total. The van der Waals surface area contributed by atoms with E-state index >= 15 is 0 Å². The number of hydrogen-bond acceptors (Lipinski definition) is 4. The lowest BCUT2D eigenvalue weighted by Crippen LogP contribution is -2.06. The molecular weight excluding hydrogens is 232 g/mol. The van der Waals surface area contributed by atoms with E-state index in [1.54, 1.807) is 12.1 Å². The second kappa shape index (κ2) is 3.46. The normalized spacial score (nSPS) is 11.1. The van der Waals surface area contributed by atoms with Crippen molar-refractivity contribution in [3.8, 4) is 0 Å². The van der Waals surface area contributed by atoms with E-state index in [-0.39, 0.29) is 5.43 Å². The summed E-state index contributed by atoms with van der Waals surface area (Å²) in [6.45, 7) is 0. The van der Waals surface area contributed by atoms with Crippen LogP contribution in [0.1, 0.15) is 0 Å². The third-order valence-corrected chi connectivity index (χ3v) is 3.91. The minimum Gasteiger partial charge on any atom is -0.398 e. The highest BCUT2D eigenvalue weighted by atomic mass is 32.1. The fraction of sp³-hybridized carbons (Fsp3) is 0. The van der Waals surface area contributed by atoms with Crippen molar-refractivity contribution >= 4 is 42.9 Å². The summed E-state index contributed by atoms with van der Waals surface area (Å²) in [6.07, 6.45) is 0. The van der Waals surface area contributed by atoms with Crippen LogP contribution in [0.4, 0.5) is 11.4 Å². The van der Waals surface area contributed by atoms with Gasteiger partial charge < -0.3 is 11.5 Å². The van der Waals surface area contributed by atoms with Crippen LogP contribution in [0.25, 0.3) is 20.2 Å². The summed E-state index contributed by atoms with van der Waals surface area (Å²) in [5.41, 5.74) is 12.7. The van der Waals surface area contributed by atoms with Gasteiger partial charge in [-0.05, 0) is 24.3 Å². The van der Waals surface area contributed by atoms with Gasteiger partial charge in [-0.3, -0.25) is 4.79 Å². The zero-order valence-electron chi connectivity index (χ0n) is 8.94. The highest BCUT2D eigenvalue weighted by Crippen LogP contribution is 2.29. The van der Waals surface area contributed by atoms with Crippen LogP contribution in [0.3, 0.4) is 0 Å². The van der Waals surface area contributed by atoms with Crippen LogP contribution in [-0.4, -0.2) is 0 Å². The molecule has 17 heavy (non-hydrogen) atoms. The van der Waals surface area contributed by atoms with Gasteiger partial charge in [0.2, 0.25) is 0 Å². The summed E-state index contributed by atoms with van der Waals surface area (Å²) in [7, 11) is 0. The van der Waals surface area contributed by atoms with Gasteiger partial charge in [-0.15, -0.1) is 11.3 Å². The first-order valence-electron chi connectivity index (χ1n) is 5.18. The molecule has 1 aromatic heterocycles. The number of nitrogen functional groups attached to an aromatic ring is 2. The smallest absolute Gasteiger partial charge is 0.200 e. The van der Waals surface area contributed by atoms with Crippen molar-refractivity contribution < 1.29 is 0 Å². The first-order chi connectivity index (χ1) is 8.18. The van der Waals surface area contributed by atoms with E-state index in [2.05, 4.69) is 0 Å². The molecule has 3 nitrogen and oxygen atoms in total. The predicted molar refractivity (Wildman–Crippen MR) is 74.4 cm³/mol. The zero-order chi connectivity index (χ0) is 12.0. The van der Waals surface area contributed by atoms with E-state index in [9.17, 15) is 4.79 Å². The lowest BCUT2D eigenvalue weighted by atomic mass is 10.1. The number of benzene rings is 2. The summed E-state index contributed by atoms with van der Waals surface area (Å²) in [6, 6.07) is 11.0. The Kier molecular flexibility index (Phi) is 2.06. The quantitative estimate of drug-likeness (QED) is 0.470. The number of nitrogens with two attached hydrogens (primary N) is 2. The van der Waals surface area contributed by atoms with Crippen LogP contribution in [0, 0.1) is 0 Å². The first kappa shape index (κ1) is 10.1. The molecule has 2 aromatic carbocycles. The predicted octanol–water partition coefficient (Wildman–Crippen LogP) is 2.58. The van der Waals surface area contributed by atoms with Crippen molar-refractivity contribution in [1.29, 1.82) is 0 Å². The van der Waals surface area contributed by atoms with E-state index < -0.39 is 0 Å². The second-order valence-electron chi connectivity index (χ2n) is 3.87. The summed E-state index contributed by atoms with van der Waals surface area (Å²) in [5, 5.41) is 1.14. The molecule has 0 aliphatic carbocycles. The molecule has 0 aliphatic rings. The Morgan fingerprint density at radius 1 is 0.824 bits per heavy atom. The molecule has 4 heteroatoms. The van der Waals surface area contributed by atoms with Crippen LogP contribution in [-0.2, 0) is 0 Å². The third-order valence-electron chi connectivity index (χ3n) is 2.79. The Labute approximate surface area is 101 Å². The molecule has 0 aliphatic heterocycles. The number of anilines is 2. The van der Waals surface area contributed by atoms with Gasteiger partial charge in [0.05, 0.1) is 10.8 Å². The number of hydrogen-bond donors (Lipinski definition) is 2. The Morgan fingerprint density at radius 2 is 1.29 bits per heavy atom. The molecule has 0 saturated carbocycles. The lowest BCUT2D eigenvalue weighted by molar-refractivity contribution is 1.71. The van der Waals surface area contributed by atoms with Gasteiger partial charge in [0, 0.05) is 20.8 Å². The van der Waals surface area contributed by atoms with Gasteiger partial charge in [-0.2, -0.15) is 0 Å². The van der Waals surface area contributed by atoms with Crippen molar-refractivity contribution in [2.24, 2.45) is 0 Å². The van der Waals surface area contributed by atoms with E-state index in [0.29, 0.717) is 22.1 Å². The lowest BCUT2D eigenvalue weighted by Gasteiger charge is -2.04. The van der Waals surface area contributed by atoms with E-state index in [1.165, 1.54) is 11.3 Å². The summed E-state index contributed by atoms with van der Waals surface area (Å²) in [4.78, 5) is 12.4. The van der Waals surface area contributed by atoms with Crippen molar-refractivity contribution in [2.45, 2.75) is 0 Å². The molecule has 0 unspecified atom stereocenters. The Bertz CT molecular complexity index is 729. The Morgan fingerprint density at radius 3 is 1.76 bits per heavy atom. The minimum atomic E-state index is -0.0787. The van der Waals surface area contributed by atoms with E-state index in [4.69, 9.17) is 11.5 Å². The van der Waals surface area contributed by atoms with Crippen LogP contribution in [0.5, 0.6) is 0 Å². The average Bonchev–Trinajstić information content (AvgIpc) is 2.28. The minimum absolute atomic E-state index is 0.0787. The maximum Gasteiger partial charge on any atom is 0.200 e. The van der Waals surface area contributed by atoms with Crippen LogP contribution in [0.15, 0.2) is 41.2 Å². The summed E-state index contributed by atoms with van der Waals surface area (Å²) >= 11 is 1.53. The van der Waals surface area contributed by atoms with Gasteiger partial charge in [0.15, 0.2) is 5.43 Å².